The first-order valence-electron chi connectivity index (χ1n) is 6.27. The number of ether oxygens (including phenoxy) is 1. The zero-order valence-electron chi connectivity index (χ0n) is 10.8. The van der Waals surface area contributed by atoms with Gasteiger partial charge in [0.15, 0.2) is 0 Å². The van der Waals surface area contributed by atoms with Crippen LogP contribution < -0.4 is 5.32 Å². The number of rotatable bonds is 5. The molecule has 1 unspecified atom stereocenters. The van der Waals surface area contributed by atoms with Crippen molar-refractivity contribution in [2.45, 2.75) is 37.3 Å². The second kappa shape index (κ2) is 5.68. The Hall–Kier alpha value is -0.450. The second-order valence-electron chi connectivity index (χ2n) is 4.95. The highest BCUT2D eigenvalue weighted by Gasteiger charge is 2.43. The molecule has 1 fully saturated rings. The normalized spacial score (nSPS) is 19.3. The second-order valence-corrected chi connectivity index (χ2v) is 5.86. The molecule has 0 heterocycles. The lowest BCUT2D eigenvalue weighted by molar-refractivity contribution is -0.0966. The standard InChI is InChI=1S/C14H19BrFNO/c1-17-13(14(18-2)4-3-5-14)8-10-6-11(15)9-12(16)7-10/h6-7,9,13,17H,3-5,8H2,1-2H3. The molecule has 0 spiro atoms. The van der Waals surface area contributed by atoms with Crippen molar-refractivity contribution < 1.29 is 9.13 Å². The van der Waals surface area contributed by atoms with E-state index in [4.69, 9.17) is 4.74 Å². The van der Waals surface area contributed by atoms with E-state index in [2.05, 4.69) is 21.2 Å². The smallest absolute Gasteiger partial charge is 0.124 e. The molecule has 1 N–H and O–H groups in total. The minimum Gasteiger partial charge on any atom is -0.377 e. The first kappa shape index (κ1) is 14.0. The van der Waals surface area contributed by atoms with Crippen LogP contribution in [0.25, 0.3) is 0 Å². The van der Waals surface area contributed by atoms with Gasteiger partial charge in [0.25, 0.3) is 0 Å². The fraction of sp³-hybridized carbons (Fsp3) is 0.571. The molecule has 2 rings (SSSR count). The van der Waals surface area contributed by atoms with Crippen molar-refractivity contribution in [3.63, 3.8) is 0 Å². The van der Waals surface area contributed by atoms with Crippen LogP contribution in [0.1, 0.15) is 24.8 Å². The highest BCUT2D eigenvalue weighted by Crippen LogP contribution is 2.39. The van der Waals surface area contributed by atoms with E-state index in [1.165, 1.54) is 12.5 Å². The monoisotopic (exact) mass is 315 g/mol. The predicted octanol–water partition coefficient (Wildman–Crippen LogP) is 3.29. The molecule has 1 aromatic carbocycles. The molecule has 1 aliphatic carbocycles. The number of nitrogens with one attached hydrogen (secondary N) is 1. The third-order valence-electron chi connectivity index (χ3n) is 3.95. The fourth-order valence-corrected chi connectivity index (χ4v) is 3.25. The summed E-state index contributed by atoms with van der Waals surface area (Å²) < 4.78 is 19.9. The summed E-state index contributed by atoms with van der Waals surface area (Å²) >= 11 is 3.33. The van der Waals surface area contributed by atoms with E-state index >= 15 is 0 Å². The average molecular weight is 316 g/mol. The first-order chi connectivity index (χ1) is 8.59. The fourth-order valence-electron chi connectivity index (χ4n) is 2.74. The van der Waals surface area contributed by atoms with Crippen molar-refractivity contribution in [1.82, 2.24) is 5.32 Å². The molecular formula is C14H19BrFNO. The molecule has 0 aromatic heterocycles. The number of methoxy groups -OCH3 is 1. The third-order valence-corrected chi connectivity index (χ3v) is 4.41. The summed E-state index contributed by atoms with van der Waals surface area (Å²) in [5, 5.41) is 3.32. The van der Waals surface area contributed by atoms with Crippen molar-refractivity contribution in [2.24, 2.45) is 0 Å². The Morgan fingerprint density at radius 2 is 2.17 bits per heavy atom. The lowest BCUT2D eigenvalue weighted by atomic mass is 9.72. The largest absolute Gasteiger partial charge is 0.377 e. The lowest BCUT2D eigenvalue weighted by Gasteiger charge is -2.46. The van der Waals surface area contributed by atoms with Crippen molar-refractivity contribution in [3.05, 3.63) is 34.1 Å². The minimum atomic E-state index is -0.200. The number of hydrogen-bond acceptors (Lipinski definition) is 2. The van der Waals surface area contributed by atoms with Crippen molar-refractivity contribution in [1.29, 1.82) is 0 Å². The van der Waals surface area contributed by atoms with Gasteiger partial charge in [-0.05, 0) is 56.5 Å². The Morgan fingerprint density at radius 1 is 1.44 bits per heavy atom. The number of benzene rings is 1. The third kappa shape index (κ3) is 2.76. The van der Waals surface area contributed by atoms with E-state index < -0.39 is 0 Å². The summed E-state index contributed by atoms with van der Waals surface area (Å²) in [6.07, 6.45) is 4.14. The molecule has 1 aliphatic rings. The zero-order chi connectivity index (χ0) is 13.2. The summed E-state index contributed by atoms with van der Waals surface area (Å²) in [4.78, 5) is 0. The molecule has 1 aromatic rings. The number of likely N-dealkylation sites (N-methyl/N-ethyl adjacent to an activating group) is 1. The molecule has 100 valence electrons. The molecule has 0 amide bonds. The van der Waals surface area contributed by atoms with Gasteiger partial charge < -0.3 is 10.1 Å². The van der Waals surface area contributed by atoms with Gasteiger partial charge in [-0.2, -0.15) is 0 Å². The molecule has 1 atom stereocenters. The van der Waals surface area contributed by atoms with Crippen molar-refractivity contribution >= 4 is 15.9 Å². The van der Waals surface area contributed by atoms with Gasteiger partial charge in [0, 0.05) is 17.6 Å². The maximum absolute atomic E-state index is 13.4. The summed E-state index contributed by atoms with van der Waals surface area (Å²) in [6, 6.07) is 5.27. The SMILES string of the molecule is CNC(Cc1cc(F)cc(Br)c1)C1(OC)CCC1. The summed E-state index contributed by atoms with van der Waals surface area (Å²) in [5.74, 6) is -0.200. The summed E-state index contributed by atoms with van der Waals surface area (Å²) in [6.45, 7) is 0. The summed E-state index contributed by atoms with van der Waals surface area (Å²) in [7, 11) is 3.71. The van der Waals surface area contributed by atoms with Gasteiger partial charge in [-0.3, -0.25) is 0 Å². The molecule has 0 radical (unpaired) electrons. The molecule has 2 nitrogen and oxygen atoms in total. The van der Waals surface area contributed by atoms with E-state index in [-0.39, 0.29) is 17.5 Å². The van der Waals surface area contributed by atoms with Crippen LogP contribution in [-0.4, -0.2) is 25.8 Å². The van der Waals surface area contributed by atoms with Crippen LogP contribution in [-0.2, 0) is 11.2 Å². The van der Waals surface area contributed by atoms with Gasteiger partial charge in [-0.1, -0.05) is 15.9 Å². The molecule has 0 bridgehead atoms. The Bertz CT molecular complexity index is 394. The number of halogens is 2. The van der Waals surface area contributed by atoms with Gasteiger partial charge in [-0.15, -0.1) is 0 Å². The van der Waals surface area contributed by atoms with Crippen LogP contribution in [0, 0.1) is 5.82 Å². The van der Waals surface area contributed by atoms with E-state index in [1.54, 1.807) is 13.2 Å². The van der Waals surface area contributed by atoms with Gasteiger partial charge in [0.2, 0.25) is 0 Å². The van der Waals surface area contributed by atoms with Crippen LogP contribution in [0.2, 0.25) is 0 Å². The molecule has 0 aliphatic heterocycles. The molecule has 4 heteroatoms. The number of hydrogen-bond donors (Lipinski definition) is 1. The van der Waals surface area contributed by atoms with Crippen molar-refractivity contribution in [3.8, 4) is 0 Å². The lowest BCUT2D eigenvalue weighted by Crippen LogP contribution is -2.56. The Morgan fingerprint density at radius 3 is 2.61 bits per heavy atom. The van der Waals surface area contributed by atoms with E-state index in [0.717, 1.165) is 29.3 Å². The Labute approximate surface area is 116 Å². The van der Waals surface area contributed by atoms with Gasteiger partial charge in [0.1, 0.15) is 5.82 Å². The van der Waals surface area contributed by atoms with Gasteiger partial charge in [0.05, 0.1) is 5.60 Å². The maximum Gasteiger partial charge on any atom is 0.124 e. The average Bonchev–Trinajstić information content (AvgIpc) is 2.25. The summed E-state index contributed by atoms with van der Waals surface area (Å²) in [5.41, 5.74) is 0.914. The van der Waals surface area contributed by atoms with Crippen LogP contribution in [0.4, 0.5) is 4.39 Å². The van der Waals surface area contributed by atoms with E-state index in [1.807, 2.05) is 13.1 Å². The highest BCUT2D eigenvalue weighted by atomic mass is 79.9. The van der Waals surface area contributed by atoms with Gasteiger partial charge >= 0.3 is 0 Å². The zero-order valence-corrected chi connectivity index (χ0v) is 12.4. The first-order valence-corrected chi connectivity index (χ1v) is 7.06. The highest BCUT2D eigenvalue weighted by molar-refractivity contribution is 9.10. The van der Waals surface area contributed by atoms with Crippen LogP contribution >= 0.6 is 15.9 Å². The van der Waals surface area contributed by atoms with Gasteiger partial charge in [-0.25, -0.2) is 4.39 Å². The predicted molar refractivity (Wildman–Crippen MR) is 74.2 cm³/mol. The maximum atomic E-state index is 13.4. The van der Waals surface area contributed by atoms with Crippen LogP contribution in [0.5, 0.6) is 0 Å². The Balaban J connectivity index is 2.15. The minimum absolute atomic E-state index is 0.0758. The molecule has 0 saturated heterocycles. The van der Waals surface area contributed by atoms with Crippen LogP contribution in [0.15, 0.2) is 22.7 Å². The van der Waals surface area contributed by atoms with E-state index in [0.29, 0.717) is 0 Å². The molecular weight excluding hydrogens is 297 g/mol. The Kier molecular flexibility index (Phi) is 4.41. The molecule has 1 saturated carbocycles. The topological polar surface area (TPSA) is 21.3 Å². The van der Waals surface area contributed by atoms with Crippen LogP contribution in [0.3, 0.4) is 0 Å². The molecule has 18 heavy (non-hydrogen) atoms. The van der Waals surface area contributed by atoms with E-state index in [9.17, 15) is 4.39 Å². The quantitative estimate of drug-likeness (QED) is 0.900. The van der Waals surface area contributed by atoms with Crippen molar-refractivity contribution in [2.75, 3.05) is 14.2 Å².